The Kier molecular flexibility index (Phi) is 3.49. The number of aryl methyl sites for hydroxylation is 1. The largest absolute Gasteiger partial charge is 0.369 e. The zero-order chi connectivity index (χ0) is 14.1. The first-order valence-corrected chi connectivity index (χ1v) is 7.51. The summed E-state index contributed by atoms with van der Waals surface area (Å²) in [5, 5.41) is 0. The number of halogens is 1. The Morgan fingerprint density at radius 2 is 1.90 bits per heavy atom. The van der Waals surface area contributed by atoms with E-state index >= 15 is 0 Å². The molecule has 20 heavy (non-hydrogen) atoms. The summed E-state index contributed by atoms with van der Waals surface area (Å²) < 4.78 is 2.99. The molecule has 2 N–H and O–H groups in total. The van der Waals surface area contributed by atoms with Crippen molar-refractivity contribution in [1.29, 1.82) is 0 Å². The lowest BCUT2D eigenvalue weighted by Gasteiger charge is -2.07. The number of benzene rings is 2. The maximum absolute atomic E-state index is 6.07. The van der Waals surface area contributed by atoms with Gasteiger partial charge in [0.05, 0.1) is 11.0 Å². The molecule has 1 heterocycles. The van der Waals surface area contributed by atoms with Crippen LogP contribution < -0.4 is 5.73 Å². The van der Waals surface area contributed by atoms with E-state index in [1.807, 2.05) is 22.8 Å². The van der Waals surface area contributed by atoms with Gasteiger partial charge in [-0.3, -0.25) is 4.57 Å². The molecule has 0 radical (unpaired) electrons. The van der Waals surface area contributed by atoms with Crippen LogP contribution in [0.5, 0.6) is 0 Å². The number of nitrogens with two attached hydrogens (primary N) is 1. The summed E-state index contributed by atoms with van der Waals surface area (Å²) in [5.41, 5.74) is 10.4. The summed E-state index contributed by atoms with van der Waals surface area (Å²) in [5.74, 6) is 0.515. The first kappa shape index (κ1) is 13.2. The van der Waals surface area contributed by atoms with Crippen LogP contribution in [0.15, 0.2) is 46.9 Å². The average molecular weight is 330 g/mol. The third-order valence-electron chi connectivity index (χ3n) is 3.38. The smallest absolute Gasteiger partial charge is 0.205 e. The molecule has 4 heteroatoms. The zero-order valence-corrected chi connectivity index (χ0v) is 12.9. The lowest BCUT2D eigenvalue weighted by molar-refractivity contribution is 0.920. The fraction of sp³-hybridized carbons (Fsp3) is 0.188. The van der Waals surface area contributed by atoms with E-state index in [1.165, 1.54) is 5.56 Å². The SMILES string of the molecule is CCCc1ccc(-n2c(N)nc3cc(Br)ccc32)cc1. The van der Waals surface area contributed by atoms with E-state index in [2.05, 4.69) is 52.1 Å². The number of imidazole rings is 1. The van der Waals surface area contributed by atoms with Gasteiger partial charge in [-0.2, -0.15) is 0 Å². The first-order chi connectivity index (χ1) is 9.69. The van der Waals surface area contributed by atoms with Crippen molar-refractivity contribution in [3.05, 3.63) is 52.5 Å². The van der Waals surface area contributed by atoms with Crippen molar-refractivity contribution in [2.75, 3.05) is 5.73 Å². The molecule has 0 spiro atoms. The monoisotopic (exact) mass is 329 g/mol. The van der Waals surface area contributed by atoms with Gasteiger partial charge in [-0.1, -0.05) is 41.4 Å². The molecule has 0 saturated carbocycles. The summed E-state index contributed by atoms with van der Waals surface area (Å²) in [6, 6.07) is 14.5. The Labute approximate surface area is 126 Å². The lowest BCUT2D eigenvalue weighted by Crippen LogP contribution is -2.00. The zero-order valence-electron chi connectivity index (χ0n) is 11.3. The van der Waals surface area contributed by atoms with Gasteiger partial charge >= 0.3 is 0 Å². The van der Waals surface area contributed by atoms with E-state index < -0.39 is 0 Å². The maximum Gasteiger partial charge on any atom is 0.205 e. The summed E-state index contributed by atoms with van der Waals surface area (Å²) in [6.45, 7) is 2.19. The number of hydrogen-bond donors (Lipinski definition) is 1. The van der Waals surface area contributed by atoms with Crippen molar-refractivity contribution in [3.63, 3.8) is 0 Å². The molecule has 0 unspecified atom stereocenters. The van der Waals surface area contributed by atoms with Gasteiger partial charge < -0.3 is 5.73 Å². The summed E-state index contributed by atoms with van der Waals surface area (Å²) in [7, 11) is 0. The van der Waals surface area contributed by atoms with Gasteiger partial charge in [0.1, 0.15) is 0 Å². The highest BCUT2D eigenvalue weighted by Gasteiger charge is 2.10. The Bertz CT molecular complexity index is 744. The highest BCUT2D eigenvalue weighted by Crippen LogP contribution is 2.25. The Hall–Kier alpha value is -1.81. The maximum atomic E-state index is 6.07. The van der Waals surface area contributed by atoms with Crippen LogP contribution in [0.25, 0.3) is 16.7 Å². The second kappa shape index (κ2) is 5.29. The Morgan fingerprint density at radius 1 is 1.15 bits per heavy atom. The third kappa shape index (κ3) is 2.31. The second-order valence-corrected chi connectivity index (χ2v) is 5.77. The van der Waals surface area contributed by atoms with Crippen molar-refractivity contribution in [3.8, 4) is 5.69 Å². The predicted octanol–water partition coefficient (Wildman–Crippen LogP) is 4.32. The van der Waals surface area contributed by atoms with Crippen LogP contribution in [0.2, 0.25) is 0 Å². The molecule has 0 fully saturated rings. The molecule has 3 nitrogen and oxygen atoms in total. The van der Waals surface area contributed by atoms with Gasteiger partial charge in [0.25, 0.3) is 0 Å². The number of fused-ring (bicyclic) bond motifs is 1. The molecule has 0 bridgehead atoms. The van der Waals surface area contributed by atoms with Crippen LogP contribution in [0.1, 0.15) is 18.9 Å². The second-order valence-electron chi connectivity index (χ2n) is 4.85. The molecule has 3 aromatic rings. The number of aromatic nitrogens is 2. The minimum Gasteiger partial charge on any atom is -0.369 e. The summed E-state index contributed by atoms with van der Waals surface area (Å²) in [6.07, 6.45) is 2.26. The topological polar surface area (TPSA) is 43.8 Å². The highest BCUT2D eigenvalue weighted by atomic mass is 79.9. The molecular weight excluding hydrogens is 314 g/mol. The van der Waals surface area contributed by atoms with E-state index in [-0.39, 0.29) is 0 Å². The molecule has 0 aliphatic heterocycles. The minimum absolute atomic E-state index is 0.515. The molecule has 1 aromatic heterocycles. The van der Waals surface area contributed by atoms with E-state index in [0.717, 1.165) is 34.0 Å². The molecule has 0 saturated heterocycles. The van der Waals surface area contributed by atoms with Crippen molar-refractivity contribution in [2.24, 2.45) is 0 Å². The third-order valence-corrected chi connectivity index (χ3v) is 3.87. The minimum atomic E-state index is 0.515. The molecular formula is C16H16BrN3. The van der Waals surface area contributed by atoms with Crippen molar-refractivity contribution in [1.82, 2.24) is 9.55 Å². The summed E-state index contributed by atoms with van der Waals surface area (Å²) in [4.78, 5) is 4.42. The number of hydrogen-bond acceptors (Lipinski definition) is 2. The Morgan fingerprint density at radius 3 is 2.60 bits per heavy atom. The van der Waals surface area contributed by atoms with E-state index in [0.29, 0.717) is 5.95 Å². The van der Waals surface area contributed by atoms with E-state index in [9.17, 15) is 0 Å². The first-order valence-electron chi connectivity index (χ1n) is 6.72. The molecule has 3 rings (SSSR count). The lowest BCUT2D eigenvalue weighted by atomic mass is 10.1. The standard InChI is InChI=1S/C16H16BrN3/c1-2-3-11-4-7-13(8-5-11)20-15-9-6-12(17)10-14(15)19-16(20)18/h4-10H,2-3H2,1H3,(H2,18,19). The van der Waals surface area contributed by atoms with Crippen LogP contribution in [0, 0.1) is 0 Å². The van der Waals surface area contributed by atoms with Gasteiger partial charge in [-0.15, -0.1) is 0 Å². The predicted molar refractivity (Wildman–Crippen MR) is 87.2 cm³/mol. The van der Waals surface area contributed by atoms with Crippen LogP contribution in [0.4, 0.5) is 5.95 Å². The highest BCUT2D eigenvalue weighted by molar-refractivity contribution is 9.10. The molecule has 2 aromatic carbocycles. The van der Waals surface area contributed by atoms with Gasteiger partial charge in [-0.25, -0.2) is 4.98 Å². The molecule has 0 aliphatic carbocycles. The van der Waals surface area contributed by atoms with Crippen molar-refractivity contribution in [2.45, 2.75) is 19.8 Å². The van der Waals surface area contributed by atoms with Gasteiger partial charge in [0, 0.05) is 10.2 Å². The number of rotatable bonds is 3. The average Bonchev–Trinajstić information content (AvgIpc) is 2.75. The molecule has 0 aliphatic rings. The van der Waals surface area contributed by atoms with Crippen LogP contribution in [-0.2, 0) is 6.42 Å². The normalized spacial score (nSPS) is 11.1. The Balaban J connectivity index is 2.11. The van der Waals surface area contributed by atoms with Crippen molar-refractivity contribution < 1.29 is 0 Å². The van der Waals surface area contributed by atoms with E-state index in [4.69, 9.17) is 5.73 Å². The van der Waals surface area contributed by atoms with Crippen LogP contribution in [-0.4, -0.2) is 9.55 Å². The van der Waals surface area contributed by atoms with Gasteiger partial charge in [-0.05, 0) is 42.3 Å². The molecule has 102 valence electrons. The van der Waals surface area contributed by atoms with Gasteiger partial charge in [0.2, 0.25) is 5.95 Å². The molecule has 0 amide bonds. The van der Waals surface area contributed by atoms with Crippen molar-refractivity contribution >= 4 is 32.9 Å². The summed E-state index contributed by atoms with van der Waals surface area (Å²) >= 11 is 3.46. The van der Waals surface area contributed by atoms with Crippen LogP contribution in [0.3, 0.4) is 0 Å². The van der Waals surface area contributed by atoms with Gasteiger partial charge in [0.15, 0.2) is 0 Å². The molecule has 0 atom stereocenters. The number of nitrogens with zero attached hydrogens (tertiary/aromatic N) is 2. The number of anilines is 1. The fourth-order valence-corrected chi connectivity index (χ4v) is 2.79. The van der Waals surface area contributed by atoms with E-state index in [1.54, 1.807) is 0 Å². The fourth-order valence-electron chi connectivity index (χ4n) is 2.44. The van der Waals surface area contributed by atoms with Crippen LogP contribution >= 0.6 is 15.9 Å². The number of nitrogen functional groups attached to an aromatic ring is 1. The quantitative estimate of drug-likeness (QED) is 0.777.